The topological polar surface area (TPSA) is 48.0 Å². The number of rotatable bonds is 4. The number of likely N-dealkylation sites (tertiary alicyclic amines) is 1. The van der Waals surface area contributed by atoms with Crippen molar-refractivity contribution in [2.75, 3.05) is 26.4 Å². The molecule has 0 bridgehead atoms. The van der Waals surface area contributed by atoms with Gasteiger partial charge < -0.3 is 19.1 Å². The number of carbonyl (C=O) groups excluding carboxylic acids is 1. The molecule has 0 aromatic heterocycles. The minimum Gasteiger partial charge on any atom is -0.490 e. The molecule has 148 valence electrons. The van der Waals surface area contributed by atoms with E-state index in [1.165, 1.54) is 5.56 Å². The summed E-state index contributed by atoms with van der Waals surface area (Å²) >= 11 is 0. The van der Waals surface area contributed by atoms with E-state index < -0.39 is 0 Å². The fourth-order valence-electron chi connectivity index (χ4n) is 3.98. The van der Waals surface area contributed by atoms with Crippen LogP contribution in [0.15, 0.2) is 36.4 Å². The van der Waals surface area contributed by atoms with Crippen LogP contribution in [0.2, 0.25) is 0 Å². The Bertz CT molecular complexity index is 864. The highest BCUT2D eigenvalue weighted by Gasteiger charge is 2.31. The summed E-state index contributed by atoms with van der Waals surface area (Å²) in [5.74, 6) is 2.36. The first kappa shape index (κ1) is 18.7. The third kappa shape index (κ3) is 3.93. The second-order valence-electron chi connectivity index (χ2n) is 7.56. The number of aryl methyl sites for hydroxylation is 2. The molecule has 2 aliphatic rings. The van der Waals surface area contributed by atoms with Crippen LogP contribution in [0.1, 0.15) is 42.0 Å². The Labute approximate surface area is 166 Å². The summed E-state index contributed by atoms with van der Waals surface area (Å²) in [5.41, 5.74) is 3.33. The van der Waals surface area contributed by atoms with Crippen LogP contribution in [0.5, 0.6) is 17.2 Å². The molecule has 4 rings (SSSR count). The number of carbonyl (C=O) groups is 1. The van der Waals surface area contributed by atoms with Crippen molar-refractivity contribution >= 4 is 5.91 Å². The van der Waals surface area contributed by atoms with Crippen molar-refractivity contribution in [2.24, 2.45) is 0 Å². The van der Waals surface area contributed by atoms with Gasteiger partial charge in [-0.05, 0) is 56.0 Å². The summed E-state index contributed by atoms with van der Waals surface area (Å²) in [6, 6.07) is 12.1. The van der Waals surface area contributed by atoms with Crippen LogP contribution >= 0.6 is 0 Å². The van der Waals surface area contributed by atoms with Gasteiger partial charge in [0.1, 0.15) is 5.75 Å². The van der Waals surface area contributed by atoms with Crippen LogP contribution in [-0.2, 0) is 4.79 Å². The Kier molecular flexibility index (Phi) is 5.42. The number of nitrogens with zero attached hydrogens (tertiary/aromatic N) is 1. The monoisotopic (exact) mass is 381 g/mol. The molecule has 1 saturated heterocycles. The van der Waals surface area contributed by atoms with Gasteiger partial charge in [0.25, 0.3) is 5.91 Å². The summed E-state index contributed by atoms with van der Waals surface area (Å²) in [7, 11) is 0. The molecule has 0 aliphatic carbocycles. The molecule has 2 heterocycles. The molecule has 0 saturated carbocycles. The van der Waals surface area contributed by atoms with Gasteiger partial charge in [0.05, 0.1) is 19.3 Å². The molecule has 5 heteroatoms. The number of amides is 1. The Morgan fingerprint density at radius 3 is 2.71 bits per heavy atom. The van der Waals surface area contributed by atoms with E-state index in [1.807, 2.05) is 43.0 Å². The second-order valence-corrected chi connectivity index (χ2v) is 7.56. The molecule has 1 atom stereocenters. The number of hydrogen-bond acceptors (Lipinski definition) is 4. The molecule has 1 fully saturated rings. The van der Waals surface area contributed by atoms with Gasteiger partial charge in [-0.1, -0.05) is 23.8 Å². The fourth-order valence-corrected chi connectivity index (χ4v) is 3.98. The third-order valence-corrected chi connectivity index (χ3v) is 5.41. The van der Waals surface area contributed by atoms with Crippen molar-refractivity contribution in [1.29, 1.82) is 0 Å². The van der Waals surface area contributed by atoms with E-state index in [0.717, 1.165) is 54.2 Å². The third-order valence-electron chi connectivity index (χ3n) is 5.41. The van der Waals surface area contributed by atoms with Gasteiger partial charge in [-0.2, -0.15) is 0 Å². The molecular weight excluding hydrogens is 354 g/mol. The number of fused-ring (bicyclic) bond motifs is 1. The maximum absolute atomic E-state index is 12.9. The average Bonchev–Trinajstić information content (AvgIpc) is 3.06. The second kappa shape index (κ2) is 8.13. The van der Waals surface area contributed by atoms with E-state index in [4.69, 9.17) is 14.2 Å². The quantitative estimate of drug-likeness (QED) is 0.796. The van der Waals surface area contributed by atoms with Gasteiger partial charge in [0, 0.05) is 13.0 Å². The zero-order chi connectivity index (χ0) is 19.5. The first-order valence-corrected chi connectivity index (χ1v) is 10.0. The van der Waals surface area contributed by atoms with Crippen LogP contribution in [0.3, 0.4) is 0 Å². The predicted molar refractivity (Wildman–Crippen MR) is 107 cm³/mol. The lowest BCUT2D eigenvalue weighted by atomic mass is 10.0. The lowest BCUT2D eigenvalue weighted by molar-refractivity contribution is -0.134. The summed E-state index contributed by atoms with van der Waals surface area (Å²) in [5, 5.41) is 0. The van der Waals surface area contributed by atoms with E-state index in [-0.39, 0.29) is 18.6 Å². The minimum atomic E-state index is 0.0228. The number of hydrogen-bond donors (Lipinski definition) is 0. The maximum atomic E-state index is 12.9. The van der Waals surface area contributed by atoms with E-state index in [2.05, 4.69) is 12.1 Å². The smallest absolute Gasteiger partial charge is 0.261 e. The highest BCUT2D eigenvalue weighted by Crippen LogP contribution is 2.38. The van der Waals surface area contributed by atoms with E-state index >= 15 is 0 Å². The zero-order valence-corrected chi connectivity index (χ0v) is 16.6. The molecule has 2 aromatic rings. The Balaban J connectivity index is 1.45. The van der Waals surface area contributed by atoms with Gasteiger partial charge in [0.2, 0.25) is 0 Å². The number of ether oxygens (including phenoxy) is 3. The lowest BCUT2D eigenvalue weighted by Crippen LogP contribution is -2.34. The molecule has 2 aromatic carbocycles. The van der Waals surface area contributed by atoms with Gasteiger partial charge in [-0.15, -0.1) is 0 Å². The van der Waals surface area contributed by atoms with Gasteiger partial charge in [-0.25, -0.2) is 0 Å². The molecule has 2 aliphatic heterocycles. The summed E-state index contributed by atoms with van der Waals surface area (Å²) in [4.78, 5) is 14.8. The van der Waals surface area contributed by atoms with Gasteiger partial charge >= 0.3 is 0 Å². The maximum Gasteiger partial charge on any atom is 0.261 e. The van der Waals surface area contributed by atoms with Crippen molar-refractivity contribution in [3.05, 3.63) is 53.1 Å². The van der Waals surface area contributed by atoms with Crippen molar-refractivity contribution < 1.29 is 19.0 Å². The molecule has 0 N–H and O–H groups in total. The summed E-state index contributed by atoms with van der Waals surface area (Å²) < 4.78 is 17.4. The molecule has 28 heavy (non-hydrogen) atoms. The highest BCUT2D eigenvalue weighted by molar-refractivity contribution is 5.78. The standard InChI is InChI=1S/C23H27NO4/c1-16-6-8-20(17(2)13-16)28-15-23(25)24-10-3-5-19(24)18-7-9-21-22(14-18)27-12-4-11-26-21/h6-9,13-14,19H,3-5,10-12,15H2,1-2H3. The van der Waals surface area contributed by atoms with Crippen LogP contribution in [0, 0.1) is 13.8 Å². The Morgan fingerprint density at radius 2 is 1.89 bits per heavy atom. The van der Waals surface area contributed by atoms with Crippen LogP contribution in [0.25, 0.3) is 0 Å². The van der Waals surface area contributed by atoms with E-state index in [0.29, 0.717) is 13.2 Å². The molecule has 1 amide bonds. The minimum absolute atomic E-state index is 0.0228. The molecule has 0 radical (unpaired) electrons. The SMILES string of the molecule is Cc1ccc(OCC(=O)N2CCCC2c2ccc3c(c2)OCCCO3)c(C)c1. The molecular formula is C23H27NO4. The summed E-state index contributed by atoms with van der Waals surface area (Å²) in [6.07, 6.45) is 2.83. The largest absolute Gasteiger partial charge is 0.490 e. The van der Waals surface area contributed by atoms with E-state index in [9.17, 15) is 4.79 Å². The molecule has 1 unspecified atom stereocenters. The van der Waals surface area contributed by atoms with Gasteiger partial charge in [-0.3, -0.25) is 4.79 Å². The van der Waals surface area contributed by atoms with E-state index in [1.54, 1.807) is 0 Å². The first-order chi connectivity index (χ1) is 13.6. The van der Waals surface area contributed by atoms with Crippen molar-refractivity contribution in [3.8, 4) is 17.2 Å². The van der Waals surface area contributed by atoms with Crippen LogP contribution in [-0.4, -0.2) is 37.2 Å². The Morgan fingerprint density at radius 1 is 1.07 bits per heavy atom. The van der Waals surface area contributed by atoms with Gasteiger partial charge in [0.15, 0.2) is 18.1 Å². The molecule has 0 spiro atoms. The average molecular weight is 381 g/mol. The zero-order valence-electron chi connectivity index (χ0n) is 16.6. The van der Waals surface area contributed by atoms with Crippen LogP contribution < -0.4 is 14.2 Å². The summed E-state index contributed by atoms with van der Waals surface area (Å²) in [6.45, 7) is 6.21. The highest BCUT2D eigenvalue weighted by atomic mass is 16.5. The lowest BCUT2D eigenvalue weighted by Gasteiger charge is -2.26. The molecule has 5 nitrogen and oxygen atoms in total. The predicted octanol–water partition coefficient (Wildman–Crippen LogP) is 4.21. The number of benzene rings is 2. The van der Waals surface area contributed by atoms with Crippen molar-refractivity contribution in [3.63, 3.8) is 0 Å². The normalized spacial score (nSPS) is 18.6. The van der Waals surface area contributed by atoms with Crippen LogP contribution in [0.4, 0.5) is 0 Å². The first-order valence-electron chi connectivity index (χ1n) is 10.0. The fraction of sp³-hybridized carbons (Fsp3) is 0.435. The van der Waals surface area contributed by atoms with Crippen molar-refractivity contribution in [2.45, 2.75) is 39.2 Å². The Hall–Kier alpha value is -2.69. The van der Waals surface area contributed by atoms with Crippen molar-refractivity contribution in [1.82, 2.24) is 4.90 Å².